The molecule has 68 valence electrons. The van der Waals surface area contributed by atoms with Gasteiger partial charge in [-0.15, -0.1) is 0 Å². The van der Waals surface area contributed by atoms with E-state index < -0.39 is 23.3 Å². The van der Waals surface area contributed by atoms with E-state index >= 15 is 0 Å². The van der Waals surface area contributed by atoms with Gasteiger partial charge in [-0.25, -0.2) is 19.6 Å². The first kappa shape index (κ1) is 9.40. The van der Waals surface area contributed by atoms with E-state index in [0.29, 0.717) is 0 Å². The largest absolute Gasteiger partial charge is 0.476 e. The van der Waals surface area contributed by atoms with Crippen molar-refractivity contribution >= 4 is 23.5 Å². The van der Waals surface area contributed by atoms with E-state index in [9.17, 15) is 9.59 Å². The zero-order valence-corrected chi connectivity index (χ0v) is 6.82. The molecule has 0 aliphatic carbocycles. The van der Waals surface area contributed by atoms with Crippen LogP contribution in [0.4, 0.5) is 0 Å². The molecule has 0 atom stereocenters. The SMILES string of the molecule is O=C(O)c1ncc(Cl)nc1C(=O)O. The smallest absolute Gasteiger partial charge is 0.357 e. The zero-order valence-electron chi connectivity index (χ0n) is 6.06. The number of rotatable bonds is 2. The van der Waals surface area contributed by atoms with Crippen molar-refractivity contribution in [1.82, 2.24) is 9.97 Å². The Kier molecular flexibility index (Phi) is 2.43. The number of hydrogen-bond acceptors (Lipinski definition) is 4. The molecule has 1 aromatic rings. The van der Waals surface area contributed by atoms with Crippen molar-refractivity contribution in [3.8, 4) is 0 Å². The number of halogens is 1. The van der Waals surface area contributed by atoms with Gasteiger partial charge in [0.15, 0.2) is 11.4 Å². The molecule has 1 heterocycles. The van der Waals surface area contributed by atoms with Gasteiger partial charge in [0.2, 0.25) is 0 Å². The van der Waals surface area contributed by atoms with Crippen LogP contribution in [-0.4, -0.2) is 32.1 Å². The second-order valence-electron chi connectivity index (χ2n) is 2.00. The number of aromatic carboxylic acids is 2. The summed E-state index contributed by atoms with van der Waals surface area (Å²) in [5, 5.41) is 16.8. The lowest BCUT2D eigenvalue weighted by atomic mass is 10.3. The predicted molar refractivity (Wildman–Crippen MR) is 41.0 cm³/mol. The highest BCUT2D eigenvalue weighted by molar-refractivity contribution is 6.29. The van der Waals surface area contributed by atoms with Gasteiger partial charge >= 0.3 is 11.9 Å². The van der Waals surface area contributed by atoms with Gasteiger partial charge in [0, 0.05) is 0 Å². The number of nitrogens with zero attached hydrogens (tertiary/aromatic N) is 2. The fourth-order valence-corrected chi connectivity index (χ4v) is 0.807. The number of carboxylic acids is 2. The molecule has 0 amide bonds. The second kappa shape index (κ2) is 3.36. The van der Waals surface area contributed by atoms with E-state index in [1.165, 1.54) is 0 Å². The Morgan fingerprint density at radius 2 is 1.77 bits per heavy atom. The molecule has 0 aromatic carbocycles. The van der Waals surface area contributed by atoms with Gasteiger partial charge in [0.05, 0.1) is 6.20 Å². The van der Waals surface area contributed by atoms with Crippen LogP contribution in [-0.2, 0) is 0 Å². The normalized spacial score (nSPS) is 9.62. The maximum absolute atomic E-state index is 10.5. The maximum Gasteiger partial charge on any atom is 0.357 e. The maximum atomic E-state index is 10.5. The minimum atomic E-state index is -1.48. The third kappa shape index (κ3) is 1.91. The lowest BCUT2D eigenvalue weighted by Gasteiger charge is -1.98. The Labute approximate surface area is 76.8 Å². The first-order valence-electron chi connectivity index (χ1n) is 3.01. The number of carboxylic acid groups (broad SMARTS) is 2. The molecular formula is C6H3ClN2O4. The molecule has 13 heavy (non-hydrogen) atoms. The van der Waals surface area contributed by atoms with Crippen molar-refractivity contribution in [2.75, 3.05) is 0 Å². The molecule has 0 unspecified atom stereocenters. The molecule has 0 aliphatic heterocycles. The van der Waals surface area contributed by atoms with Crippen LogP contribution in [0.15, 0.2) is 6.20 Å². The van der Waals surface area contributed by atoms with E-state index in [0.717, 1.165) is 6.20 Å². The highest BCUT2D eigenvalue weighted by atomic mass is 35.5. The zero-order chi connectivity index (χ0) is 10.0. The molecule has 6 nitrogen and oxygen atoms in total. The molecule has 0 spiro atoms. The van der Waals surface area contributed by atoms with Crippen LogP contribution in [0.3, 0.4) is 0 Å². The summed E-state index contributed by atoms with van der Waals surface area (Å²) < 4.78 is 0. The Morgan fingerprint density at radius 3 is 2.23 bits per heavy atom. The molecule has 1 rings (SSSR count). The Morgan fingerprint density at radius 1 is 1.23 bits per heavy atom. The summed E-state index contributed by atoms with van der Waals surface area (Å²) in [7, 11) is 0. The summed E-state index contributed by atoms with van der Waals surface area (Å²) >= 11 is 5.34. The average molecular weight is 203 g/mol. The Balaban J connectivity index is 3.35. The van der Waals surface area contributed by atoms with Gasteiger partial charge in [0.1, 0.15) is 5.15 Å². The molecule has 0 saturated carbocycles. The van der Waals surface area contributed by atoms with Gasteiger partial charge in [-0.05, 0) is 0 Å². The Hall–Kier alpha value is -1.69. The minimum absolute atomic E-state index is 0.164. The summed E-state index contributed by atoms with van der Waals surface area (Å²) in [5.41, 5.74) is -1.29. The second-order valence-corrected chi connectivity index (χ2v) is 2.39. The van der Waals surface area contributed by atoms with Gasteiger partial charge in [-0.3, -0.25) is 0 Å². The molecule has 0 fully saturated rings. The third-order valence-electron chi connectivity index (χ3n) is 1.15. The van der Waals surface area contributed by atoms with Crippen molar-refractivity contribution in [3.63, 3.8) is 0 Å². The van der Waals surface area contributed by atoms with Crippen LogP contribution in [0.25, 0.3) is 0 Å². The molecule has 0 bridgehead atoms. The molecule has 7 heteroatoms. The van der Waals surface area contributed by atoms with Crippen molar-refractivity contribution in [3.05, 3.63) is 22.7 Å². The van der Waals surface area contributed by atoms with Crippen molar-refractivity contribution < 1.29 is 19.8 Å². The number of carbonyl (C=O) groups is 2. The van der Waals surface area contributed by atoms with Gasteiger partial charge in [-0.1, -0.05) is 11.6 Å². The van der Waals surface area contributed by atoms with Crippen molar-refractivity contribution in [1.29, 1.82) is 0 Å². The van der Waals surface area contributed by atoms with E-state index in [4.69, 9.17) is 21.8 Å². The van der Waals surface area contributed by atoms with Crippen molar-refractivity contribution in [2.24, 2.45) is 0 Å². The van der Waals surface area contributed by atoms with E-state index in [1.54, 1.807) is 0 Å². The van der Waals surface area contributed by atoms with Crippen LogP contribution < -0.4 is 0 Å². The van der Waals surface area contributed by atoms with Crippen LogP contribution in [0.2, 0.25) is 5.15 Å². The summed E-state index contributed by atoms with van der Waals surface area (Å²) in [6, 6.07) is 0. The van der Waals surface area contributed by atoms with E-state index in [1.807, 2.05) is 0 Å². The molecule has 1 aromatic heterocycles. The fraction of sp³-hybridized carbons (Fsp3) is 0. The highest BCUT2D eigenvalue weighted by Gasteiger charge is 2.19. The molecule has 0 radical (unpaired) electrons. The fourth-order valence-electron chi connectivity index (χ4n) is 0.673. The number of hydrogen-bond donors (Lipinski definition) is 2. The van der Waals surface area contributed by atoms with E-state index in [2.05, 4.69) is 9.97 Å². The first-order valence-corrected chi connectivity index (χ1v) is 3.39. The molecular weight excluding hydrogens is 200 g/mol. The van der Waals surface area contributed by atoms with Crippen LogP contribution in [0.1, 0.15) is 21.0 Å². The monoisotopic (exact) mass is 202 g/mol. The van der Waals surface area contributed by atoms with Crippen molar-refractivity contribution in [2.45, 2.75) is 0 Å². The lowest BCUT2D eigenvalue weighted by Crippen LogP contribution is -2.12. The van der Waals surface area contributed by atoms with Gasteiger partial charge < -0.3 is 10.2 Å². The summed E-state index contributed by atoms with van der Waals surface area (Å²) in [6.45, 7) is 0. The average Bonchev–Trinajstić information content (AvgIpc) is 2.03. The number of aromatic nitrogens is 2. The molecule has 0 aliphatic rings. The summed E-state index contributed by atoms with van der Waals surface area (Å²) in [6.07, 6.45) is 0.970. The third-order valence-corrected chi connectivity index (χ3v) is 1.33. The first-order chi connectivity index (χ1) is 6.02. The minimum Gasteiger partial charge on any atom is -0.476 e. The van der Waals surface area contributed by atoms with E-state index in [-0.39, 0.29) is 5.15 Å². The lowest BCUT2D eigenvalue weighted by molar-refractivity contribution is 0.0641. The van der Waals surface area contributed by atoms with Crippen LogP contribution >= 0.6 is 11.6 Å². The Bertz CT molecular complexity index is 379. The standard InChI is InChI=1S/C6H3ClN2O4/c7-2-1-8-3(5(10)11)4(9-2)6(12)13/h1H,(H,10,11)(H,12,13). The molecule has 2 N–H and O–H groups in total. The highest BCUT2D eigenvalue weighted by Crippen LogP contribution is 2.08. The van der Waals surface area contributed by atoms with Gasteiger partial charge in [-0.2, -0.15) is 0 Å². The topological polar surface area (TPSA) is 100 Å². The van der Waals surface area contributed by atoms with Crippen LogP contribution in [0.5, 0.6) is 0 Å². The predicted octanol–water partition coefficient (Wildman–Crippen LogP) is 0.526. The quantitative estimate of drug-likeness (QED) is 0.725. The molecule has 0 saturated heterocycles. The van der Waals surface area contributed by atoms with Gasteiger partial charge in [0.25, 0.3) is 0 Å². The summed E-state index contributed by atoms with van der Waals surface area (Å²) in [5.74, 6) is -2.94. The summed E-state index contributed by atoms with van der Waals surface area (Å²) in [4.78, 5) is 27.5. The van der Waals surface area contributed by atoms with Crippen LogP contribution in [0, 0.1) is 0 Å².